The Hall–Kier alpha value is -0.320. The quantitative estimate of drug-likeness (QED) is 0.836. The molecule has 0 aliphatic carbocycles. The third-order valence-corrected chi connectivity index (χ3v) is 4.46. The summed E-state index contributed by atoms with van der Waals surface area (Å²) in [5.41, 5.74) is 0.987. The van der Waals surface area contributed by atoms with E-state index in [1.54, 1.807) is 0 Å². The second kappa shape index (κ2) is 5.58. The van der Waals surface area contributed by atoms with Gasteiger partial charge in [-0.1, -0.05) is 29.3 Å². The summed E-state index contributed by atoms with van der Waals surface area (Å²) in [5.74, 6) is -0.397. The highest BCUT2D eigenvalue weighted by atomic mass is 35.5. The van der Waals surface area contributed by atoms with E-state index in [4.69, 9.17) is 32.7 Å². The van der Waals surface area contributed by atoms with Crippen LogP contribution in [-0.2, 0) is 16.0 Å². The lowest BCUT2D eigenvalue weighted by atomic mass is 10.0. The largest absolute Gasteiger partial charge is 0.346 e. The van der Waals surface area contributed by atoms with Crippen molar-refractivity contribution in [2.45, 2.75) is 25.2 Å². The Balaban J connectivity index is 1.73. The molecule has 2 aliphatic heterocycles. The highest BCUT2D eigenvalue weighted by molar-refractivity contribution is 6.35. The summed E-state index contributed by atoms with van der Waals surface area (Å²) in [7, 11) is 0. The molecule has 1 aromatic carbocycles. The number of nitrogens with zero attached hydrogens (tertiary/aromatic N) is 1. The van der Waals surface area contributed by atoms with Crippen molar-refractivity contribution < 1.29 is 9.47 Å². The molecule has 2 aliphatic rings. The minimum absolute atomic E-state index is 0.397. The predicted molar refractivity (Wildman–Crippen MR) is 75.6 cm³/mol. The number of hydrogen-bond acceptors (Lipinski definition) is 3. The zero-order valence-corrected chi connectivity index (χ0v) is 12.2. The Bertz CT molecular complexity index is 441. The number of hydrogen-bond donors (Lipinski definition) is 0. The maximum absolute atomic E-state index is 6.23. The molecule has 104 valence electrons. The molecule has 0 aromatic heterocycles. The van der Waals surface area contributed by atoms with Crippen molar-refractivity contribution in [1.29, 1.82) is 0 Å². The topological polar surface area (TPSA) is 21.7 Å². The standard InChI is InChI=1S/C14H17Cl2NO2/c15-12-3-1-4-13(16)11(12)9-17-6-2-5-14(10-17)18-7-8-19-14/h1,3-4H,2,5-10H2. The SMILES string of the molecule is Clc1cccc(Cl)c1CN1CCCC2(C1)OCCO2. The first-order valence-corrected chi connectivity index (χ1v) is 7.37. The van der Waals surface area contributed by atoms with E-state index in [2.05, 4.69) is 4.90 Å². The van der Waals surface area contributed by atoms with Gasteiger partial charge < -0.3 is 9.47 Å². The van der Waals surface area contributed by atoms with Gasteiger partial charge in [0.25, 0.3) is 0 Å². The lowest BCUT2D eigenvalue weighted by molar-refractivity contribution is -0.190. The predicted octanol–water partition coefficient (Wildman–Crippen LogP) is 3.33. The molecular weight excluding hydrogens is 285 g/mol. The highest BCUT2D eigenvalue weighted by Crippen LogP contribution is 2.32. The molecule has 0 N–H and O–H groups in total. The second-order valence-electron chi connectivity index (χ2n) is 5.12. The van der Waals surface area contributed by atoms with Gasteiger partial charge in [-0.25, -0.2) is 0 Å². The van der Waals surface area contributed by atoms with Crippen molar-refractivity contribution in [2.24, 2.45) is 0 Å². The van der Waals surface area contributed by atoms with Crippen LogP contribution in [0.4, 0.5) is 0 Å². The van der Waals surface area contributed by atoms with Crippen LogP contribution in [-0.4, -0.2) is 37.0 Å². The number of ether oxygens (including phenoxy) is 2. The summed E-state index contributed by atoms with van der Waals surface area (Å²) in [6.45, 7) is 3.94. The summed E-state index contributed by atoms with van der Waals surface area (Å²) in [6.07, 6.45) is 2.04. The van der Waals surface area contributed by atoms with Crippen molar-refractivity contribution in [3.8, 4) is 0 Å². The van der Waals surface area contributed by atoms with Gasteiger partial charge in [0, 0.05) is 28.6 Å². The van der Waals surface area contributed by atoms with E-state index in [1.807, 2.05) is 18.2 Å². The first kappa shape index (κ1) is 13.7. The van der Waals surface area contributed by atoms with Crippen LogP contribution in [0.5, 0.6) is 0 Å². The van der Waals surface area contributed by atoms with Crippen LogP contribution in [0.1, 0.15) is 18.4 Å². The van der Waals surface area contributed by atoms with Gasteiger partial charge in [-0.2, -0.15) is 0 Å². The molecular formula is C14H17Cl2NO2. The molecule has 1 spiro atoms. The Morgan fingerprint density at radius 3 is 2.53 bits per heavy atom. The van der Waals surface area contributed by atoms with Crippen LogP contribution < -0.4 is 0 Å². The fraction of sp³-hybridized carbons (Fsp3) is 0.571. The Morgan fingerprint density at radius 1 is 1.16 bits per heavy atom. The van der Waals surface area contributed by atoms with E-state index in [-0.39, 0.29) is 0 Å². The van der Waals surface area contributed by atoms with Gasteiger partial charge in [-0.15, -0.1) is 0 Å². The number of piperidine rings is 1. The van der Waals surface area contributed by atoms with E-state index >= 15 is 0 Å². The highest BCUT2D eigenvalue weighted by Gasteiger charge is 2.40. The van der Waals surface area contributed by atoms with E-state index < -0.39 is 5.79 Å². The minimum Gasteiger partial charge on any atom is -0.346 e. The Kier molecular flexibility index (Phi) is 4.01. The van der Waals surface area contributed by atoms with Crippen LogP contribution in [0.15, 0.2) is 18.2 Å². The Labute approximate surface area is 123 Å². The van der Waals surface area contributed by atoms with E-state index in [0.29, 0.717) is 13.2 Å². The summed E-state index contributed by atoms with van der Waals surface area (Å²) < 4.78 is 11.6. The van der Waals surface area contributed by atoms with E-state index in [0.717, 1.165) is 48.1 Å². The lowest BCUT2D eigenvalue weighted by Crippen LogP contribution is -2.48. The number of rotatable bonds is 2. The molecule has 2 saturated heterocycles. The van der Waals surface area contributed by atoms with Crippen molar-refractivity contribution in [3.05, 3.63) is 33.8 Å². The molecule has 2 heterocycles. The van der Waals surface area contributed by atoms with Gasteiger partial charge in [0.1, 0.15) is 0 Å². The maximum Gasteiger partial charge on any atom is 0.181 e. The van der Waals surface area contributed by atoms with E-state index in [1.165, 1.54) is 0 Å². The van der Waals surface area contributed by atoms with Crippen molar-refractivity contribution >= 4 is 23.2 Å². The molecule has 5 heteroatoms. The molecule has 0 atom stereocenters. The zero-order valence-electron chi connectivity index (χ0n) is 10.7. The lowest BCUT2D eigenvalue weighted by Gasteiger charge is -2.38. The summed E-state index contributed by atoms with van der Waals surface area (Å²) in [5, 5.41) is 1.45. The van der Waals surface area contributed by atoms with Gasteiger partial charge in [-0.05, 0) is 25.1 Å². The van der Waals surface area contributed by atoms with Crippen LogP contribution in [0.25, 0.3) is 0 Å². The molecule has 0 saturated carbocycles. The van der Waals surface area contributed by atoms with Crippen LogP contribution in [0.2, 0.25) is 10.0 Å². The average Bonchev–Trinajstić information content (AvgIpc) is 2.82. The first-order chi connectivity index (χ1) is 9.19. The maximum atomic E-state index is 6.23. The Morgan fingerprint density at radius 2 is 1.84 bits per heavy atom. The molecule has 2 fully saturated rings. The van der Waals surface area contributed by atoms with Gasteiger partial charge in [0.15, 0.2) is 5.79 Å². The molecule has 0 bridgehead atoms. The molecule has 1 aromatic rings. The monoisotopic (exact) mass is 301 g/mol. The van der Waals surface area contributed by atoms with Crippen LogP contribution in [0, 0.1) is 0 Å². The molecule has 3 nitrogen and oxygen atoms in total. The van der Waals surface area contributed by atoms with Gasteiger partial charge in [-0.3, -0.25) is 4.90 Å². The number of halogens is 2. The normalized spacial score (nSPS) is 23.1. The molecule has 0 radical (unpaired) electrons. The third kappa shape index (κ3) is 2.91. The number of benzene rings is 1. The summed E-state index contributed by atoms with van der Waals surface area (Å²) >= 11 is 12.5. The van der Waals surface area contributed by atoms with Crippen molar-refractivity contribution in [1.82, 2.24) is 4.90 Å². The molecule has 3 rings (SSSR count). The van der Waals surface area contributed by atoms with Gasteiger partial charge in [0.05, 0.1) is 19.8 Å². The number of likely N-dealkylation sites (tertiary alicyclic amines) is 1. The molecule has 19 heavy (non-hydrogen) atoms. The minimum atomic E-state index is -0.397. The van der Waals surface area contributed by atoms with Crippen molar-refractivity contribution in [3.63, 3.8) is 0 Å². The third-order valence-electron chi connectivity index (χ3n) is 3.75. The van der Waals surface area contributed by atoms with Gasteiger partial charge in [0.2, 0.25) is 0 Å². The van der Waals surface area contributed by atoms with Crippen LogP contribution in [0.3, 0.4) is 0 Å². The summed E-state index contributed by atoms with van der Waals surface area (Å²) in [6, 6.07) is 5.63. The smallest absolute Gasteiger partial charge is 0.181 e. The van der Waals surface area contributed by atoms with E-state index in [9.17, 15) is 0 Å². The average molecular weight is 302 g/mol. The first-order valence-electron chi connectivity index (χ1n) is 6.62. The summed E-state index contributed by atoms with van der Waals surface area (Å²) in [4.78, 5) is 2.31. The van der Waals surface area contributed by atoms with Crippen LogP contribution >= 0.6 is 23.2 Å². The molecule has 0 unspecified atom stereocenters. The second-order valence-corrected chi connectivity index (χ2v) is 5.94. The van der Waals surface area contributed by atoms with Crippen molar-refractivity contribution in [2.75, 3.05) is 26.3 Å². The van der Waals surface area contributed by atoms with Gasteiger partial charge >= 0.3 is 0 Å². The zero-order chi connectivity index (χ0) is 13.3. The molecule has 0 amide bonds. The fourth-order valence-corrected chi connectivity index (χ4v) is 3.36. The fourth-order valence-electron chi connectivity index (χ4n) is 2.85.